The first-order valence-electron chi connectivity index (χ1n) is 9.97. The molecule has 0 unspecified atom stereocenters. The van der Waals surface area contributed by atoms with E-state index in [1.165, 1.54) is 37.4 Å². The molecule has 1 saturated heterocycles. The van der Waals surface area contributed by atoms with Crippen molar-refractivity contribution >= 4 is 23.6 Å². The topological polar surface area (TPSA) is 72.3 Å². The molecule has 1 aliphatic heterocycles. The summed E-state index contributed by atoms with van der Waals surface area (Å²) in [7, 11) is 1.67. The highest BCUT2D eigenvalue weighted by Gasteiger charge is 2.32. The Labute approximate surface area is 169 Å². The number of rotatable bonds is 9. The predicted octanol–water partition coefficient (Wildman–Crippen LogP) is 2.67. The zero-order valence-electron chi connectivity index (χ0n) is 16.3. The van der Waals surface area contributed by atoms with Crippen molar-refractivity contribution in [3.8, 4) is 5.75 Å². The van der Waals surface area contributed by atoms with Gasteiger partial charge in [0.1, 0.15) is 5.75 Å². The Kier molecular flexibility index (Phi) is 6.04. The van der Waals surface area contributed by atoms with E-state index < -0.39 is 0 Å². The van der Waals surface area contributed by atoms with E-state index in [4.69, 9.17) is 4.74 Å². The minimum Gasteiger partial charge on any atom is -0.496 e. The maximum absolute atomic E-state index is 12.3. The lowest BCUT2D eigenvalue weighted by Crippen LogP contribution is -2.27. The van der Waals surface area contributed by atoms with Crippen LogP contribution in [0.4, 0.5) is 5.95 Å². The van der Waals surface area contributed by atoms with Crippen molar-refractivity contribution in [2.24, 2.45) is 0 Å². The Morgan fingerprint density at radius 2 is 2.04 bits per heavy atom. The quantitative estimate of drug-likeness (QED) is 0.652. The number of carbonyl (C=O) groups excluding carboxylic acids is 1. The number of aromatic nitrogens is 3. The molecule has 1 saturated carbocycles. The van der Waals surface area contributed by atoms with Crippen LogP contribution in [0.1, 0.15) is 37.3 Å². The SMILES string of the molecule is COc1ccccc1CCNC(=O)CSc1nnc(N2CCCC2)n1C1CC1. The summed E-state index contributed by atoms with van der Waals surface area (Å²) >= 11 is 1.48. The van der Waals surface area contributed by atoms with Crippen molar-refractivity contribution < 1.29 is 9.53 Å². The van der Waals surface area contributed by atoms with Crippen molar-refractivity contribution in [1.29, 1.82) is 0 Å². The maximum atomic E-state index is 12.3. The molecule has 1 aromatic heterocycles. The van der Waals surface area contributed by atoms with E-state index in [2.05, 4.69) is 25.0 Å². The summed E-state index contributed by atoms with van der Waals surface area (Å²) in [5, 5.41) is 12.7. The van der Waals surface area contributed by atoms with Gasteiger partial charge >= 0.3 is 0 Å². The smallest absolute Gasteiger partial charge is 0.230 e. The summed E-state index contributed by atoms with van der Waals surface area (Å²) in [6.07, 6.45) is 5.54. The first-order chi connectivity index (χ1) is 13.8. The minimum absolute atomic E-state index is 0.0213. The van der Waals surface area contributed by atoms with E-state index in [1.54, 1.807) is 7.11 Å². The van der Waals surface area contributed by atoms with E-state index in [0.29, 0.717) is 18.3 Å². The molecule has 2 aromatic rings. The normalized spacial score (nSPS) is 16.4. The molecule has 2 heterocycles. The van der Waals surface area contributed by atoms with Gasteiger partial charge in [0.05, 0.1) is 12.9 Å². The van der Waals surface area contributed by atoms with Crippen LogP contribution in [0.2, 0.25) is 0 Å². The third-order valence-corrected chi connectivity index (χ3v) is 6.13. The molecule has 8 heteroatoms. The van der Waals surface area contributed by atoms with Gasteiger partial charge in [-0.25, -0.2) is 0 Å². The molecule has 150 valence electrons. The number of nitrogens with one attached hydrogen (secondary N) is 1. The van der Waals surface area contributed by atoms with Gasteiger partial charge in [-0.1, -0.05) is 30.0 Å². The molecule has 1 aromatic carbocycles. The number of ether oxygens (including phenoxy) is 1. The van der Waals surface area contributed by atoms with E-state index in [9.17, 15) is 4.79 Å². The zero-order chi connectivity index (χ0) is 19.3. The Bertz CT molecular complexity index is 815. The number of anilines is 1. The van der Waals surface area contributed by atoms with E-state index in [1.807, 2.05) is 24.3 Å². The van der Waals surface area contributed by atoms with Gasteiger partial charge in [-0.15, -0.1) is 10.2 Å². The van der Waals surface area contributed by atoms with Crippen LogP contribution < -0.4 is 15.0 Å². The average molecular weight is 402 g/mol. The molecule has 2 fully saturated rings. The highest BCUT2D eigenvalue weighted by molar-refractivity contribution is 7.99. The summed E-state index contributed by atoms with van der Waals surface area (Å²) in [6, 6.07) is 8.40. The van der Waals surface area contributed by atoms with Gasteiger partial charge < -0.3 is 15.0 Å². The van der Waals surface area contributed by atoms with Crippen LogP contribution in [0.15, 0.2) is 29.4 Å². The Hall–Kier alpha value is -2.22. The molecule has 0 atom stereocenters. The largest absolute Gasteiger partial charge is 0.496 e. The van der Waals surface area contributed by atoms with Crippen molar-refractivity contribution in [3.63, 3.8) is 0 Å². The van der Waals surface area contributed by atoms with Crippen LogP contribution >= 0.6 is 11.8 Å². The monoisotopic (exact) mass is 401 g/mol. The number of hydrogen-bond donors (Lipinski definition) is 1. The molecule has 0 radical (unpaired) electrons. The van der Waals surface area contributed by atoms with E-state index >= 15 is 0 Å². The fourth-order valence-corrected chi connectivity index (χ4v) is 4.41. The lowest BCUT2D eigenvalue weighted by Gasteiger charge is -2.17. The van der Waals surface area contributed by atoms with Gasteiger partial charge in [-0.05, 0) is 43.7 Å². The molecule has 1 aliphatic carbocycles. The number of hydrogen-bond acceptors (Lipinski definition) is 6. The Morgan fingerprint density at radius 1 is 1.25 bits per heavy atom. The van der Waals surface area contributed by atoms with Gasteiger partial charge in [0, 0.05) is 25.7 Å². The van der Waals surface area contributed by atoms with Gasteiger partial charge in [0.15, 0.2) is 5.16 Å². The van der Waals surface area contributed by atoms with Gasteiger partial charge in [-0.3, -0.25) is 9.36 Å². The third-order valence-electron chi connectivity index (χ3n) is 5.19. The highest BCUT2D eigenvalue weighted by atomic mass is 32.2. The molecule has 1 amide bonds. The van der Waals surface area contributed by atoms with E-state index in [-0.39, 0.29) is 5.91 Å². The molecule has 4 rings (SSSR count). The molecule has 28 heavy (non-hydrogen) atoms. The van der Waals surface area contributed by atoms with Crippen LogP contribution in [0.3, 0.4) is 0 Å². The summed E-state index contributed by atoms with van der Waals surface area (Å²) < 4.78 is 7.60. The third kappa shape index (κ3) is 4.43. The van der Waals surface area contributed by atoms with Gasteiger partial charge in [0.2, 0.25) is 11.9 Å². The molecule has 0 bridgehead atoms. The summed E-state index contributed by atoms with van der Waals surface area (Å²) in [5.74, 6) is 2.22. The number of benzene rings is 1. The van der Waals surface area contributed by atoms with Crippen LogP contribution in [0.5, 0.6) is 5.75 Å². The van der Waals surface area contributed by atoms with Crippen molar-refractivity contribution in [1.82, 2.24) is 20.1 Å². The van der Waals surface area contributed by atoms with Gasteiger partial charge in [0.25, 0.3) is 0 Å². The second-order valence-corrected chi connectivity index (χ2v) is 8.22. The summed E-state index contributed by atoms with van der Waals surface area (Å²) in [6.45, 7) is 2.70. The van der Waals surface area contributed by atoms with Crippen molar-refractivity contribution in [3.05, 3.63) is 29.8 Å². The molecular formula is C20H27N5O2S. The Balaban J connectivity index is 1.29. The molecule has 0 spiro atoms. The number of thioether (sulfide) groups is 1. The lowest BCUT2D eigenvalue weighted by molar-refractivity contribution is -0.118. The van der Waals surface area contributed by atoms with Crippen LogP contribution in [-0.2, 0) is 11.2 Å². The first-order valence-corrected chi connectivity index (χ1v) is 11.0. The van der Waals surface area contributed by atoms with Crippen molar-refractivity contribution in [2.45, 2.75) is 43.3 Å². The second kappa shape index (κ2) is 8.86. The number of para-hydroxylation sites is 1. The van der Waals surface area contributed by atoms with Crippen LogP contribution in [-0.4, -0.2) is 53.2 Å². The number of carbonyl (C=O) groups is 1. The fourth-order valence-electron chi connectivity index (χ4n) is 3.58. The first kappa shape index (κ1) is 19.1. The summed E-state index contributed by atoms with van der Waals surface area (Å²) in [5.41, 5.74) is 1.10. The summed E-state index contributed by atoms with van der Waals surface area (Å²) in [4.78, 5) is 14.6. The molecule has 2 aliphatic rings. The predicted molar refractivity (Wildman–Crippen MR) is 110 cm³/mol. The minimum atomic E-state index is 0.0213. The number of methoxy groups -OCH3 is 1. The van der Waals surface area contributed by atoms with Gasteiger partial charge in [-0.2, -0.15) is 0 Å². The average Bonchev–Trinajstić information content (AvgIpc) is 3.24. The molecule has 7 nitrogen and oxygen atoms in total. The zero-order valence-corrected chi connectivity index (χ0v) is 17.1. The van der Waals surface area contributed by atoms with Crippen LogP contribution in [0, 0.1) is 0 Å². The van der Waals surface area contributed by atoms with E-state index in [0.717, 1.165) is 41.9 Å². The van der Waals surface area contributed by atoms with Crippen LogP contribution in [0.25, 0.3) is 0 Å². The molecular weight excluding hydrogens is 374 g/mol. The fraction of sp³-hybridized carbons (Fsp3) is 0.550. The maximum Gasteiger partial charge on any atom is 0.230 e. The number of nitrogens with zero attached hydrogens (tertiary/aromatic N) is 4. The molecule has 1 N–H and O–H groups in total. The highest BCUT2D eigenvalue weighted by Crippen LogP contribution is 2.41. The Morgan fingerprint density at radius 3 is 2.79 bits per heavy atom. The second-order valence-electron chi connectivity index (χ2n) is 7.28. The standard InChI is InChI=1S/C20H27N5O2S/c1-27-17-7-3-2-6-15(17)10-11-21-18(26)14-28-20-23-22-19(24-12-4-5-13-24)25(20)16-8-9-16/h2-3,6-7,16H,4-5,8-14H2,1H3,(H,21,26). The lowest BCUT2D eigenvalue weighted by atomic mass is 10.1. The van der Waals surface area contributed by atoms with Crippen molar-refractivity contribution in [2.75, 3.05) is 37.4 Å². The number of amides is 1.